The van der Waals surface area contributed by atoms with Crippen LogP contribution in [0.2, 0.25) is 5.02 Å². The third kappa shape index (κ3) is 3.64. The smallest absolute Gasteiger partial charge is 0.139 e. The predicted octanol–water partition coefficient (Wildman–Crippen LogP) is 5.45. The molecule has 0 saturated heterocycles. The van der Waals surface area contributed by atoms with E-state index in [-0.39, 0.29) is 0 Å². The standard InChI is InChI=1S/C17H16ClNO2S/c1-11(21-12-5-7-13(22-4)8-6-12)14-9-15(18)17(20-3)10-16(14)19-2/h5-10H,1-2H2,3-4H3. The van der Waals surface area contributed by atoms with Gasteiger partial charge in [-0.05, 0) is 43.3 Å². The Morgan fingerprint density at radius 2 is 1.91 bits per heavy atom. The van der Waals surface area contributed by atoms with Gasteiger partial charge in [-0.1, -0.05) is 18.2 Å². The lowest BCUT2D eigenvalue weighted by molar-refractivity contribution is 0.415. The predicted molar refractivity (Wildman–Crippen MR) is 95.1 cm³/mol. The Bertz CT molecular complexity index is 699. The zero-order valence-electron chi connectivity index (χ0n) is 12.4. The van der Waals surface area contributed by atoms with E-state index in [1.165, 1.54) is 4.90 Å². The minimum absolute atomic E-state index is 0.448. The molecule has 22 heavy (non-hydrogen) atoms. The molecule has 0 aliphatic carbocycles. The van der Waals surface area contributed by atoms with Gasteiger partial charge >= 0.3 is 0 Å². The lowest BCUT2D eigenvalue weighted by atomic mass is 10.1. The number of methoxy groups -OCH3 is 1. The molecule has 114 valence electrons. The van der Waals surface area contributed by atoms with Crippen LogP contribution in [-0.4, -0.2) is 20.1 Å². The fourth-order valence-electron chi connectivity index (χ4n) is 1.89. The van der Waals surface area contributed by atoms with Gasteiger partial charge in [0.1, 0.15) is 17.3 Å². The summed E-state index contributed by atoms with van der Waals surface area (Å²) >= 11 is 7.83. The van der Waals surface area contributed by atoms with Crippen LogP contribution in [0.25, 0.3) is 5.76 Å². The van der Waals surface area contributed by atoms with E-state index in [4.69, 9.17) is 21.1 Å². The molecule has 0 fully saturated rings. The first-order chi connectivity index (χ1) is 10.6. The molecule has 0 heterocycles. The van der Waals surface area contributed by atoms with Crippen molar-refractivity contribution in [1.82, 2.24) is 0 Å². The summed E-state index contributed by atoms with van der Waals surface area (Å²) in [4.78, 5) is 5.14. The van der Waals surface area contributed by atoms with Crippen molar-refractivity contribution >= 4 is 41.5 Å². The summed E-state index contributed by atoms with van der Waals surface area (Å²) in [5, 5.41) is 0.465. The first-order valence-electron chi connectivity index (χ1n) is 6.44. The summed E-state index contributed by atoms with van der Waals surface area (Å²) in [7, 11) is 1.55. The average Bonchev–Trinajstić information content (AvgIpc) is 2.55. The molecule has 0 aromatic heterocycles. The average molecular weight is 334 g/mol. The van der Waals surface area contributed by atoms with Crippen LogP contribution in [0.1, 0.15) is 5.56 Å². The van der Waals surface area contributed by atoms with E-state index in [0.29, 0.717) is 33.5 Å². The molecule has 0 aliphatic rings. The highest BCUT2D eigenvalue weighted by molar-refractivity contribution is 7.98. The number of nitrogens with zero attached hydrogens (tertiary/aromatic N) is 1. The first-order valence-corrected chi connectivity index (χ1v) is 8.04. The third-order valence-corrected chi connectivity index (χ3v) is 4.08. The molecule has 0 amide bonds. The van der Waals surface area contributed by atoms with Crippen LogP contribution in [0.5, 0.6) is 11.5 Å². The van der Waals surface area contributed by atoms with Gasteiger partial charge in [0, 0.05) is 16.5 Å². The van der Waals surface area contributed by atoms with E-state index in [1.54, 1.807) is 31.0 Å². The Morgan fingerprint density at radius 3 is 2.45 bits per heavy atom. The summed E-state index contributed by atoms with van der Waals surface area (Å²) in [5.41, 5.74) is 1.28. The van der Waals surface area contributed by atoms with Gasteiger partial charge in [0.2, 0.25) is 0 Å². The maximum Gasteiger partial charge on any atom is 0.139 e. The molecule has 0 N–H and O–H groups in total. The van der Waals surface area contributed by atoms with Gasteiger partial charge in [0.15, 0.2) is 0 Å². The van der Waals surface area contributed by atoms with Crippen molar-refractivity contribution in [2.24, 2.45) is 4.99 Å². The highest BCUT2D eigenvalue weighted by Crippen LogP contribution is 2.36. The van der Waals surface area contributed by atoms with Gasteiger partial charge in [-0.15, -0.1) is 11.8 Å². The molecule has 0 spiro atoms. The fraction of sp³-hybridized carbons (Fsp3) is 0.118. The van der Waals surface area contributed by atoms with Crippen LogP contribution in [0.3, 0.4) is 0 Å². The van der Waals surface area contributed by atoms with E-state index < -0.39 is 0 Å². The van der Waals surface area contributed by atoms with Gasteiger partial charge < -0.3 is 9.47 Å². The minimum atomic E-state index is 0.448. The van der Waals surface area contributed by atoms with Crippen molar-refractivity contribution in [3.05, 3.63) is 53.6 Å². The van der Waals surface area contributed by atoms with Crippen molar-refractivity contribution in [2.45, 2.75) is 4.90 Å². The second kappa shape index (κ2) is 7.38. The van der Waals surface area contributed by atoms with Gasteiger partial charge in [0.05, 0.1) is 17.8 Å². The summed E-state index contributed by atoms with van der Waals surface area (Å²) in [6, 6.07) is 11.2. The van der Waals surface area contributed by atoms with Crippen LogP contribution in [0, 0.1) is 0 Å². The highest BCUT2D eigenvalue weighted by atomic mass is 35.5. The van der Waals surface area contributed by atoms with Gasteiger partial charge in [-0.2, -0.15) is 0 Å². The fourth-order valence-corrected chi connectivity index (χ4v) is 2.54. The number of benzene rings is 2. The molecule has 0 saturated carbocycles. The van der Waals surface area contributed by atoms with Crippen molar-refractivity contribution in [2.75, 3.05) is 13.4 Å². The molecular formula is C17H16ClNO2S. The van der Waals surface area contributed by atoms with Gasteiger partial charge in [0.25, 0.3) is 0 Å². The van der Waals surface area contributed by atoms with Crippen LogP contribution in [-0.2, 0) is 0 Å². The largest absolute Gasteiger partial charge is 0.495 e. The first kappa shape index (κ1) is 16.5. The minimum Gasteiger partial charge on any atom is -0.495 e. The van der Waals surface area contributed by atoms with E-state index in [1.807, 2.05) is 30.5 Å². The van der Waals surface area contributed by atoms with E-state index in [9.17, 15) is 0 Å². The molecule has 0 atom stereocenters. The summed E-state index contributed by atoms with van der Waals surface area (Å²) in [6.45, 7) is 7.51. The van der Waals surface area contributed by atoms with Gasteiger partial charge in [-0.3, -0.25) is 4.99 Å². The Balaban J connectivity index is 2.28. The SMILES string of the molecule is C=Nc1cc(OC)c(Cl)cc1C(=C)Oc1ccc(SC)cc1. The Labute approximate surface area is 139 Å². The molecule has 0 unspecified atom stereocenters. The van der Waals surface area contributed by atoms with Gasteiger partial charge in [-0.25, -0.2) is 0 Å². The number of rotatable bonds is 6. The quantitative estimate of drug-likeness (QED) is 0.400. The summed E-state index contributed by atoms with van der Waals surface area (Å²) in [5.74, 6) is 1.68. The molecule has 0 radical (unpaired) electrons. The van der Waals surface area contributed by atoms with E-state index in [2.05, 4.69) is 18.3 Å². The second-order valence-electron chi connectivity index (χ2n) is 4.36. The van der Waals surface area contributed by atoms with Crippen LogP contribution in [0.15, 0.2) is 52.9 Å². The zero-order chi connectivity index (χ0) is 16.1. The number of hydrogen-bond donors (Lipinski definition) is 0. The number of thioether (sulfide) groups is 1. The summed E-state index contributed by atoms with van der Waals surface area (Å²) in [6.07, 6.45) is 2.02. The Hall–Kier alpha value is -1.91. The molecule has 2 rings (SSSR count). The van der Waals surface area contributed by atoms with Crippen molar-refractivity contribution < 1.29 is 9.47 Å². The van der Waals surface area contributed by atoms with Crippen molar-refractivity contribution in [3.8, 4) is 11.5 Å². The second-order valence-corrected chi connectivity index (χ2v) is 5.65. The number of hydrogen-bond acceptors (Lipinski definition) is 4. The molecule has 0 bridgehead atoms. The van der Waals surface area contributed by atoms with Crippen molar-refractivity contribution in [3.63, 3.8) is 0 Å². The molecule has 2 aromatic rings. The van der Waals surface area contributed by atoms with E-state index in [0.717, 1.165) is 0 Å². The molecular weight excluding hydrogens is 318 g/mol. The maximum atomic E-state index is 6.16. The molecule has 5 heteroatoms. The lowest BCUT2D eigenvalue weighted by Gasteiger charge is -2.13. The van der Waals surface area contributed by atoms with Crippen LogP contribution < -0.4 is 9.47 Å². The normalized spacial score (nSPS) is 10.1. The summed E-state index contributed by atoms with van der Waals surface area (Å²) < 4.78 is 11.0. The number of ether oxygens (including phenoxy) is 2. The molecule has 2 aromatic carbocycles. The Kier molecular flexibility index (Phi) is 5.52. The number of aliphatic imine (C=N–C) groups is 1. The van der Waals surface area contributed by atoms with Crippen LogP contribution in [0.4, 0.5) is 5.69 Å². The third-order valence-electron chi connectivity index (χ3n) is 3.04. The number of halogens is 1. The van der Waals surface area contributed by atoms with Crippen LogP contribution >= 0.6 is 23.4 Å². The maximum absolute atomic E-state index is 6.16. The zero-order valence-corrected chi connectivity index (χ0v) is 14.0. The monoisotopic (exact) mass is 333 g/mol. The molecule has 0 aliphatic heterocycles. The van der Waals surface area contributed by atoms with E-state index >= 15 is 0 Å². The lowest BCUT2D eigenvalue weighted by Crippen LogP contribution is -1.95. The highest BCUT2D eigenvalue weighted by Gasteiger charge is 2.12. The Morgan fingerprint density at radius 1 is 1.23 bits per heavy atom. The molecule has 3 nitrogen and oxygen atoms in total. The van der Waals surface area contributed by atoms with Crippen molar-refractivity contribution in [1.29, 1.82) is 0 Å². The topological polar surface area (TPSA) is 30.8 Å².